The first kappa shape index (κ1) is 9.11. The fourth-order valence-corrected chi connectivity index (χ4v) is 2.73. The Morgan fingerprint density at radius 2 is 2.36 bits per heavy atom. The topological polar surface area (TPSA) is 17.1 Å². The zero-order chi connectivity index (χ0) is 8.27. The Labute approximate surface area is 72.9 Å². The van der Waals surface area contributed by atoms with Gasteiger partial charge in [0, 0.05) is 17.6 Å². The highest BCUT2D eigenvalue weighted by atomic mass is 32.2. The first-order chi connectivity index (χ1) is 5.25. The Morgan fingerprint density at radius 1 is 1.64 bits per heavy atom. The van der Waals surface area contributed by atoms with Crippen molar-refractivity contribution in [1.29, 1.82) is 0 Å². The summed E-state index contributed by atoms with van der Waals surface area (Å²) in [5.41, 5.74) is 0. The van der Waals surface area contributed by atoms with Crippen LogP contribution in [0.15, 0.2) is 0 Å². The molecule has 0 spiro atoms. The van der Waals surface area contributed by atoms with Crippen molar-refractivity contribution in [3.8, 4) is 0 Å². The fourth-order valence-electron chi connectivity index (χ4n) is 1.47. The van der Waals surface area contributed by atoms with Crippen molar-refractivity contribution in [3.63, 3.8) is 0 Å². The summed E-state index contributed by atoms with van der Waals surface area (Å²) in [7, 11) is 0. The number of hydrogen-bond acceptors (Lipinski definition) is 2. The largest absolute Gasteiger partial charge is 0.299 e. The molecule has 64 valence electrons. The van der Waals surface area contributed by atoms with E-state index in [9.17, 15) is 4.79 Å². The van der Waals surface area contributed by atoms with Crippen molar-refractivity contribution in [1.82, 2.24) is 0 Å². The van der Waals surface area contributed by atoms with E-state index in [0.29, 0.717) is 17.0 Å². The van der Waals surface area contributed by atoms with Crippen LogP contribution in [-0.4, -0.2) is 16.8 Å². The van der Waals surface area contributed by atoms with Crippen LogP contribution in [0.25, 0.3) is 0 Å². The van der Waals surface area contributed by atoms with E-state index in [-0.39, 0.29) is 0 Å². The average molecular weight is 172 g/mol. The lowest BCUT2D eigenvalue weighted by atomic mass is 10.1. The Balaban J connectivity index is 2.30. The molecule has 1 aliphatic rings. The van der Waals surface area contributed by atoms with Crippen LogP contribution in [0.1, 0.15) is 33.1 Å². The molecule has 2 atom stereocenters. The Hall–Kier alpha value is 0.0200. The van der Waals surface area contributed by atoms with E-state index in [1.54, 1.807) is 0 Å². The molecule has 0 N–H and O–H groups in total. The maximum absolute atomic E-state index is 11.1. The molecule has 0 heterocycles. The van der Waals surface area contributed by atoms with Gasteiger partial charge in [0.05, 0.1) is 0 Å². The zero-order valence-electron chi connectivity index (χ0n) is 7.30. The Kier molecular flexibility index (Phi) is 3.44. The minimum Gasteiger partial charge on any atom is -0.299 e. The zero-order valence-corrected chi connectivity index (χ0v) is 8.12. The van der Waals surface area contributed by atoms with Gasteiger partial charge >= 0.3 is 0 Å². The number of thioether (sulfide) groups is 1. The van der Waals surface area contributed by atoms with Gasteiger partial charge in [0.25, 0.3) is 0 Å². The lowest BCUT2D eigenvalue weighted by Crippen LogP contribution is -2.12. The quantitative estimate of drug-likeness (QED) is 0.650. The molecule has 0 amide bonds. The molecule has 0 aliphatic heterocycles. The van der Waals surface area contributed by atoms with Gasteiger partial charge in [0.1, 0.15) is 5.78 Å². The highest BCUT2D eigenvalue weighted by Crippen LogP contribution is 2.32. The second-order valence-electron chi connectivity index (χ2n) is 3.20. The average Bonchev–Trinajstić information content (AvgIpc) is 2.31. The highest BCUT2D eigenvalue weighted by Gasteiger charge is 2.30. The number of rotatable bonds is 3. The standard InChI is InChI=1S/C9H16OS/c1-3-6-11-9-5-4-8(10)7(9)2/h7,9H,3-6H2,1-2H3. The molecule has 11 heavy (non-hydrogen) atoms. The van der Waals surface area contributed by atoms with Crippen LogP contribution in [0.4, 0.5) is 0 Å². The molecule has 2 unspecified atom stereocenters. The first-order valence-electron chi connectivity index (χ1n) is 4.40. The van der Waals surface area contributed by atoms with Gasteiger partial charge < -0.3 is 0 Å². The third-order valence-corrected chi connectivity index (χ3v) is 3.99. The molecule has 0 radical (unpaired) electrons. The lowest BCUT2D eigenvalue weighted by molar-refractivity contribution is -0.120. The monoisotopic (exact) mass is 172 g/mol. The van der Waals surface area contributed by atoms with Crippen molar-refractivity contribution in [2.45, 2.75) is 38.4 Å². The van der Waals surface area contributed by atoms with Crippen molar-refractivity contribution in [3.05, 3.63) is 0 Å². The molecule has 1 rings (SSSR count). The van der Waals surface area contributed by atoms with Gasteiger partial charge in [-0.15, -0.1) is 0 Å². The van der Waals surface area contributed by atoms with Gasteiger partial charge in [0.15, 0.2) is 0 Å². The SMILES string of the molecule is CCCSC1CCC(=O)C1C. The molecule has 2 heteroatoms. The third kappa shape index (κ3) is 2.22. The van der Waals surface area contributed by atoms with E-state index in [2.05, 4.69) is 13.8 Å². The maximum atomic E-state index is 11.1. The molecule has 0 aromatic rings. The van der Waals surface area contributed by atoms with Crippen LogP contribution in [-0.2, 0) is 4.79 Å². The first-order valence-corrected chi connectivity index (χ1v) is 5.45. The van der Waals surface area contributed by atoms with E-state index in [0.717, 1.165) is 12.8 Å². The number of carbonyl (C=O) groups excluding carboxylic acids is 1. The van der Waals surface area contributed by atoms with Crippen molar-refractivity contribution < 1.29 is 4.79 Å². The van der Waals surface area contributed by atoms with Crippen LogP contribution in [0.3, 0.4) is 0 Å². The van der Waals surface area contributed by atoms with Crippen molar-refractivity contribution in [2.75, 3.05) is 5.75 Å². The van der Waals surface area contributed by atoms with Crippen molar-refractivity contribution >= 4 is 17.5 Å². The summed E-state index contributed by atoms with van der Waals surface area (Å²) in [6.07, 6.45) is 3.16. The summed E-state index contributed by atoms with van der Waals surface area (Å²) in [5.74, 6) is 2.01. The molecule has 1 nitrogen and oxygen atoms in total. The van der Waals surface area contributed by atoms with Gasteiger partial charge in [-0.2, -0.15) is 11.8 Å². The molecular weight excluding hydrogens is 156 g/mol. The van der Waals surface area contributed by atoms with Gasteiger partial charge in [-0.05, 0) is 18.6 Å². The van der Waals surface area contributed by atoms with E-state index < -0.39 is 0 Å². The molecule has 1 aliphatic carbocycles. The van der Waals surface area contributed by atoms with Gasteiger partial charge in [-0.1, -0.05) is 13.8 Å². The van der Waals surface area contributed by atoms with Crippen LogP contribution in [0.2, 0.25) is 0 Å². The Bertz CT molecular complexity index is 144. The minimum absolute atomic E-state index is 0.326. The number of hydrogen-bond donors (Lipinski definition) is 0. The third-order valence-electron chi connectivity index (χ3n) is 2.28. The summed E-state index contributed by atoms with van der Waals surface area (Å²) < 4.78 is 0. The van der Waals surface area contributed by atoms with Crippen LogP contribution < -0.4 is 0 Å². The van der Waals surface area contributed by atoms with E-state index in [1.165, 1.54) is 12.2 Å². The summed E-state index contributed by atoms with van der Waals surface area (Å²) in [6.45, 7) is 4.26. The molecular formula is C9H16OS. The summed E-state index contributed by atoms with van der Waals surface area (Å²) in [6, 6.07) is 0. The smallest absolute Gasteiger partial charge is 0.136 e. The number of carbonyl (C=O) groups is 1. The predicted octanol–water partition coefficient (Wildman–Crippen LogP) is 2.50. The fraction of sp³-hybridized carbons (Fsp3) is 0.889. The summed E-state index contributed by atoms with van der Waals surface area (Å²) in [4.78, 5) is 11.1. The second-order valence-corrected chi connectivity index (χ2v) is 4.55. The predicted molar refractivity (Wildman–Crippen MR) is 49.9 cm³/mol. The molecule has 0 aromatic heterocycles. The number of Topliss-reactive ketones (excluding diaryl/α,β-unsaturated/α-hetero) is 1. The van der Waals surface area contributed by atoms with Crippen LogP contribution in [0.5, 0.6) is 0 Å². The van der Waals surface area contributed by atoms with E-state index in [4.69, 9.17) is 0 Å². The van der Waals surface area contributed by atoms with Crippen LogP contribution in [0, 0.1) is 5.92 Å². The minimum atomic E-state index is 0.326. The van der Waals surface area contributed by atoms with E-state index >= 15 is 0 Å². The maximum Gasteiger partial charge on any atom is 0.136 e. The number of ketones is 1. The molecule has 0 saturated heterocycles. The van der Waals surface area contributed by atoms with E-state index in [1.807, 2.05) is 11.8 Å². The highest BCUT2D eigenvalue weighted by molar-refractivity contribution is 7.99. The molecule has 0 aromatic carbocycles. The Morgan fingerprint density at radius 3 is 2.82 bits per heavy atom. The summed E-state index contributed by atoms with van der Waals surface area (Å²) in [5, 5.41) is 0.627. The molecule has 0 bridgehead atoms. The lowest BCUT2D eigenvalue weighted by Gasteiger charge is -2.11. The second kappa shape index (κ2) is 4.15. The van der Waals surface area contributed by atoms with Gasteiger partial charge in [-0.25, -0.2) is 0 Å². The molecule has 1 saturated carbocycles. The van der Waals surface area contributed by atoms with Gasteiger partial charge in [-0.3, -0.25) is 4.79 Å². The van der Waals surface area contributed by atoms with Crippen LogP contribution >= 0.6 is 11.8 Å². The molecule has 1 fully saturated rings. The van der Waals surface area contributed by atoms with Crippen molar-refractivity contribution in [2.24, 2.45) is 5.92 Å². The summed E-state index contributed by atoms with van der Waals surface area (Å²) >= 11 is 1.98. The normalized spacial score (nSPS) is 31.3. The van der Waals surface area contributed by atoms with Gasteiger partial charge in [0.2, 0.25) is 0 Å².